The van der Waals surface area contributed by atoms with Crippen LogP contribution in [0.25, 0.3) is 5.65 Å². The van der Waals surface area contributed by atoms with Gasteiger partial charge < -0.3 is 10.6 Å². The smallest absolute Gasteiger partial charge is 0.347 e. The van der Waals surface area contributed by atoms with Crippen LogP contribution >= 0.6 is 0 Å². The summed E-state index contributed by atoms with van der Waals surface area (Å²) in [7, 11) is 0. The molecule has 2 N–H and O–H groups in total. The zero-order valence-corrected chi connectivity index (χ0v) is 16.9. The van der Waals surface area contributed by atoms with E-state index in [0.29, 0.717) is 17.5 Å². The Morgan fingerprint density at radius 1 is 1.41 bits per heavy atom. The third-order valence-electron chi connectivity index (χ3n) is 5.47. The molecular weight excluding hydrogens is 432 g/mol. The number of ether oxygens (including phenoxy) is 1. The van der Waals surface area contributed by atoms with E-state index in [1.807, 2.05) is 13.8 Å². The lowest BCUT2D eigenvalue weighted by Crippen LogP contribution is -2.37. The molecule has 12 heteroatoms. The van der Waals surface area contributed by atoms with Crippen LogP contribution in [-0.2, 0) is 14.9 Å². The number of allylic oxidation sites excluding steroid dienone is 1. The van der Waals surface area contributed by atoms with E-state index >= 15 is 0 Å². The fourth-order valence-electron chi connectivity index (χ4n) is 4.13. The molecule has 0 spiro atoms. The minimum Gasteiger partial charge on any atom is -0.360 e. The van der Waals surface area contributed by atoms with Crippen molar-refractivity contribution in [3.63, 3.8) is 0 Å². The zero-order valence-electron chi connectivity index (χ0n) is 16.9. The maximum absolute atomic E-state index is 13.1. The van der Waals surface area contributed by atoms with Crippen LogP contribution in [0.1, 0.15) is 49.4 Å². The van der Waals surface area contributed by atoms with Gasteiger partial charge in [-0.05, 0) is 23.5 Å². The first-order valence-electron chi connectivity index (χ1n) is 9.60. The van der Waals surface area contributed by atoms with Crippen LogP contribution in [0.2, 0.25) is 0 Å². The van der Waals surface area contributed by atoms with Gasteiger partial charge in [0.15, 0.2) is 11.9 Å². The molecule has 2 aromatic rings. The molecule has 2 aliphatic rings. The quantitative estimate of drug-likeness (QED) is 0.679. The van der Waals surface area contributed by atoms with Gasteiger partial charge in [-0.15, -0.1) is 0 Å². The Labute approximate surface area is 179 Å². The molecule has 0 aromatic carbocycles. The summed E-state index contributed by atoms with van der Waals surface area (Å²) in [6.07, 6.45) is 1.43. The number of amides is 1. The number of rotatable bonds is 5. The molecule has 0 bridgehead atoms. The molecule has 2 atom stereocenters. The van der Waals surface area contributed by atoms with Crippen molar-refractivity contribution in [3.8, 4) is 6.07 Å². The highest BCUT2D eigenvalue weighted by atomic mass is 19.3. The lowest BCUT2D eigenvalue weighted by atomic mass is 9.86. The maximum atomic E-state index is 13.1. The summed E-state index contributed by atoms with van der Waals surface area (Å²) in [5.74, 6) is -1.07. The van der Waals surface area contributed by atoms with Gasteiger partial charge in [0.1, 0.15) is 5.69 Å². The molecule has 1 aliphatic heterocycles. The Morgan fingerprint density at radius 2 is 2.16 bits per heavy atom. The minimum absolute atomic E-state index is 0.129. The van der Waals surface area contributed by atoms with Crippen LogP contribution < -0.4 is 10.6 Å². The topological polar surface area (TPSA) is 104 Å². The van der Waals surface area contributed by atoms with Gasteiger partial charge in [-0.3, -0.25) is 9.53 Å². The number of fused-ring (bicyclic) bond motifs is 3. The average Bonchev–Trinajstić information content (AvgIpc) is 3.27. The molecule has 168 valence electrons. The standard InChI is InChI=1S/C20H18F4N6O2/c1-20(2)4-11(12-7-27-30-8-13(15(21)22)29-16(30)14(12)20)17(31)28-10-3-9(5-25)18(26-6-10)32-19(23)24/h3,6-8,11,15,18-19,26H,4H2,1-2H3,(H,28,31). The summed E-state index contributed by atoms with van der Waals surface area (Å²) in [5, 5.41) is 18.5. The number of imidazole rings is 1. The number of aromatic nitrogens is 3. The predicted octanol–water partition coefficient (Wildman–Crippen LogP) is 3.01. The van der Waals surface area contributed by atoms with E-state index in [0.717, 1.165) is 6.20 Å². The normalized spacial score (nSPS) is 21.7. The number of hydrogen-bond donors (Lipinski definition) is 2. The zero-order chi connectivity index (χ0) is 23.2. The van der Waals surface area contributed by atoms with Gasteiger partial charge >= 0.3 is 6.61 Å². The fourth-order valence-corrected chi connectivity index (χ4v) is 4.13. The van der Waals surface area contributed by atoms with Crippen molar-refractivity contribution in [1.29, 1.82) is 5.26 Å². The van der Waals surface area contributed by atoms with Crippen LogP contribution in [-0.4, -0.2) is 33.3 Å². The van der Waals surface area contributed by atoms with Gasteiger partial charge in [0.2, 0.25) is 5.91 Å². The Morgan fingerprint density at radius 3 is 2.81 bits per heavy atom. The van der Waals surface area contributed by atoms with Crippen LogP contribution in [0, 0.1) is 11.3 Å². The summed E-state index contributed by atoms with van der Waals surface area (Å²) in [6, 6.07) is 1.76. The van der Waals surface area contributed by atoms with E-state index in [-0.39, 0.29) is 16.9 Å². The van der Waals surface area contributed by atoms with Crippen molar-refractivity contribution in [2.45, 2.75) is 50.9 Å². The number of carbonyl (C=O) groups is 1. The Kier molecular flexibility index (Phi) is 5.37. The molecule has 2 aromatic heterocycles. The number of nitrogens with one attached hydrogen (secondary N) is 2. The van der Waals surface area contributed by atoms with Crippen molar-refractivity contribution >= 4 is 11.6 Å². The molecule has 0 saturated heterocycles. The number of hydrogen-bond acceptors (Lipinski definition) is 6. The fraction of sp³-hybridized carbons (Fsp3) is 0.400. The monoisotopic (exact) mass is 450 g/mol. The molecule has 2 unspecified atom stereocenters. The van der Waals surface area contributed by atoms with Crippen LogP contribution in [0.4, 0.5) is 17.6 Å². The summed E-state index contributed by atoms with van der Waals surface area (Å²) in [5.41, 5.74) is 0.624. The van der Waals surface area contributed by atoms with E-state index in [1.54, 1.807) is 6.07 Å². The molecule has 32 heavy (non-hydrogen) atoms. The van der Waals surface area contributed by atoms with Crippen molar-refractivity contribution in [2.24, 2.45) is 0 Å². The van der Waals surface area contributed by atoms with Gasteiger partial charge in [-0.1, -0.05) is 13.8 Å². The Hall–Kier alpha value is -3.46. The van der Waals surface area contributed by atoms with E-state index in [2.05, 4.69) is 25.5 Å². The number of carbonyl (C=O) groups excluding carboxylic acids is 1. The highest BCUT2D eigenvalue weighted by molar-refractivity contribution is 5.88. The summed E-state index contributed by atoms with van der Waals surface area (Å²) < 4.78 is 56.8. The number of nitriles is 1. The van der Waals surface area contributed by atoms with Gasteiger partial charge in [-0.2, -0.15) is 19.1 Å². The van der Waals surface area contributed by atoms with Crippen molar-refractivity contribution in [1.82, 2.24) is 25.2 Å². The molecule has 3 heterocycles. The maximum Gasteiger partial charge on any atom is 0.347 e. The molecule has 1 amide bonds. The molecule has 8 nitrogen and oxygen atoms in total. The van der Waals surface area contributed by atoms with E-state index in [9.17, 15) is 27.6 Å². The second kappa shape index (κ2) is 7.90. The largest absolute Gasteiger partial charge is 0.360 e. The second-order valence-electron chi connectivity index (χ2n) is 8.09. The van der Waals surface area contributed by atoms with Crippen molar-refractivity contribution in [3.05, 3.63) is 52.8 Å². The molecule has 0 fully saturated rings. The van der Waals surface area contributed by atoms with E-state index < -0.39 is 42.2 Å². The third-order valence-corrected chi connectivity index (χ3v) is 5.47. The number of nitrogens with zero attached hydrogens (tertiary/aromatic N) is 4. The molecule has 1 aliphatic carbocycles. The van der Waals surface area contributed by atoms with Gasteiger partial charge in [0.05, 0.1) is 35.7 Å². The molecular formula is C20H18F4N6O2. The minimum atomic E-state index is -3.08. The Balaban J connectivity index is 1.61. The molecule has 0 saturated carbocycles. The third kappa shape index (κ3) is 3.80. The van der Waals surface area contributed by atoms with Gasteiger partial charge in [0.25, 0.3) is 6.43 Å². The first-order valence-corrected chi connectivity index (χ1v) is 9.60. The van der Waals surface area contributed by atoms with Crippen molar-refractivity contribution in [2.75, 3.05) is 0 Å². The average molecular weight is 450 g/mol. The lowest BCUT2D eigenvalue weighted by Gasteiger charge is -2.23. The number of halogens is 4. The number of alkyl halides is 4. The molecule has 4 rings (SSSR count). The van der Waals surface area contributed by atoms with Crippen LogP contribution in [0.15, 0.2) is 35.9 Å². The summed E-state index contributed by atoms with van der Waals surface area (Å²) in [6.45, 7) is 0.692. The first kappa shape index (κ1) is 21.8. The second-order valence-corrected chi connectivity index (χ2v) is 8.09. The SMILES string of the molecule is CC1(C)CC(C(=O)NC2=CNC(OC(F)F)C(C#N)=C2)c2cnn3cc(C(F)F)nc3c21. The summed E-state index contributed by atoms with van der Waals surface area (Å²) >= 11 is 0. The van der Waals surface area contributed by atoms with Crippen LogP contribution in [0.5, 0.6) is 0 Å². The van der Waals surface area contributed by atoms with Crippen LogP contribution in [0.3, 0.4) is 0 Å². The Bertz CT molecular complexity index is 1180. The van der Waals surface area contributed by atoms with Gasteiger partial charge in [-0.25, -0.2) is 18.3 Å². The van der Waals surface area contributed by atoms with E-state index in [4.69, 9.17) is 0 Å². The predicted molar refractivity (Wildman–Crippen MR) is 102 cm³/mol. The summed E-state index contributed by atoms with van der Waals surface area (Å²) in [4.78, 5) is 17.1. The molecule has 0 radical (unpaired) electrons. The van der Waals surface area contributed by atoms with Gasteiger partial charge in [0, 0.05) is 11.8 Å². The number of dihydropyridines is 1. The highest BCUT2D eigenvalue weighted by Gasteiger charge is 2.43. The highest BCUT2D eigenvalue weighted by Crippen LogP contribution is 2.47. The lowest BCUT2D eigenvalue weighted by molar-refractivity contribution is -0.156. The van der Waals surface area contributed by atoms with Crippen molar-refractivity contribution < 1.29 is 27.1 Å². The van der Waals surface area contributed by atoms with E-state index in [1.165, 1.54) is 23.0 Å². The first-order chi connectivity index (χ1) is 15.1.